The molecule has 12 fully saturated rings. The van der Waals surface area contributed by atoms with E-state index >= 15 is 0 Å². The Morgan fingerprint density at radius 2 is 0.667 bits per heavy atom. The van der Waals surface area contributed by atoms with Crippen LogP contribution in [-0.4, -0.2) is 54.8 Å². The highest BCUT2D eigenvalue weighted by atomic mass is 19.1. The summed E-state index contributed by atoms with van der Waals surface area (Å²) in [5, 5.41) is 41.3. The summed E-state index contributed by atoms with van der Waals surface area (Å²) in [6.07, 6.45) is 34.9. The Morgan fingerprint density at radius 3 is 0.961 bits per heavy atom. The molecule has 0 radical (unpaired) electrons. The number of aliphatic carboxylic acids is 1. The van der Waals surface area contributed by atoms with E-state index in [1.54, 1.807) is 12.1 Å². The molecule has 8 nitrogen and oxygen atoms in total. The molecule has 3 aromatic carbocycles. The summed E-state index contributed by atoms with van der Waals surface area (Å²) in [5.74, 6) is 11.7. The molecular formula is C91H138F3NO7. The van der Waals surface area contributed by atoms with E-state index in [0.717, 1.165) is 160 Å². The van der Waals surface area contributed by atoms with Gasteiger partial charge in [-0.1, -0.05) is 92.8 Å². The zero-order valence-electron chi connectivity index (χ0n) is 62.9. The highest BCUT2D eigenvalue weighted by Crippen LogP contribution is 2.68. The van der Waals surface area contributed by atoms with Crippen molar-refractivity contribution in [3.63, 3.8) is 0 Å². The highest BCUT2D eigenvalue weighted by molar-refractivity contribution is 5.83. The lowest BCUT2D eigenvalue weighted by Gasteiger charge is -2.57. The van der Waals surface area contributed by atoms with Gasteiger partial charge in [-0.2, -0.15) is 0 Å². The van der Waals surface area contributed by atoms with Crippen LogP contribution in [-0.2, 0) is 14.4 Å². The molecule has 27 atom stereocenters. The topological polar surface area (TPSA) is 158 Å². The van der Waals surface area contributed by atoms with Crippen LogP contribution >= 0.6 is 0 Å². The summed E-state index contributed by atoms with van der Waals surface area (Å²) >= 11 is 0. The fourth-order valence-electron chi connectivity index (χ4n) is 26.9. The minimum atomic E-state index is -0.559. The second-order valence-corrected chi connectivity index (χ2v) is 37.6. The summed E-state index contributed by atoms with van der Waals surface area (Å²) in [6, 6.07) is 19.9. The van der Waals surface area contributed by atoms with Crippen molar-refractivity contribution in [3.05, 3.63) is 107 Å². The molecule has 0 heterocycles. The number of carbonyl (C=O) groups is 3. The van der Waals surface area contributed by atoms with Crippen molar-refractivity contribution in [2.45, 2.75) is 317 Å². The number of halogens is 3. The Balaban J connectivity index is 0.000000154. The lowest BCUT2D eigenvalue weighted by atomic mass is 9.49. The zero-order valence-corrected chi connectivity index (χ0v) is 62.9. The molecule has 11 heteroatoms. The van der Waals surface area contributed by atoms with E-state index in [0.29, 0.717) is 59.9 Å². The third-order valence-electron chi connectivity index (χ3n) is 32.1. The summed E-state index contributed by atoms with van der Waals surface area (Å²) in [7, 11) is 0. The molecule has 3 aromatic rings. The Labute approximate surface area is 615 Å². The number of rotatable bonds is 13. The number of Topliss-reactive ketones (excluding diaryl/α,β-unsaturated/α-hetero) is 2. The minimum Gasteiger partial charge on any atom is -0.481 e. The normalized spacial score (nSPS) is 42.0. The first-order valence-corrected chi connectivity index (χ1v) is 41.0. The number of hydrogen-bond acceptors (Lipinski definition) is 7. The van der Waals surface area contributed by atoms with Crippen LogP contribution in [0.25, 0.3) is 0 Å². The first-order valence-electron chi connectivity index (χ1n) is 41.0. The van der Waals surface area contributed by atoms with Crippen molar-refractivity contribution in [1.29, 1.82) is 0 Å². The van der Waals surface area contributed by atoms with Gasteiger partial charge < -0.3 is 26.2 Å². The Morgan fingerprint density at radius 1 is 0.382 bits per heavy atom. The van der Waals surface area contributed by atoms with Crippen molar-refractivity contribution >= 4 is 17.5 Å². The molecule has 0 saturated heterocycles. The first kappa shape index (κ1) is 80.6. The molecule has 0 aliphatic heterocycles. The summed E-state index contributed by atoms with van der Waals surface area (Å²) in [5.41, 5.74) is 7.92. The molecule has 15 rings (SSSR count). The molecule has 102 heavy (non-hydrogen) atoms. The molecule has 1 unspecified atom stereocenters. The van der Waals surface area contributed by atoms with Crippen LogP contribution in [0, 0.1) is 140 Å². The number of aliphatic hydroxyl groups is 3. The van der Waals surface area contributed by atoms with E-state index in [1.165, 1.54) is 139 Å². The standard InChI is InChI=1S/2C30H43FO2.C20H32O3.C9H12FN.2CH4/c2*1-4-19(20-5-8-22(31)9-6-20)17-28(32)27-12-11-26-25-10-7-21-18-29(2,33)15-13-23(21)24(25)14-16-30(26,27)3;1-19(23)9-7-13-12(11-19)3-4-15-14(13)8-10-20(2)16(15)5-6-17(20)18(21)22;1-2-9(11)7-3-5-8(10)6-4-7;;/h2*5-6,8-9,19,21,23-27,33H,4,7,10-18H2,1-3H3;12-17,23H,3-11H2,1-2H3,(H,21,22);3-6,9H,2,11H2,1H3;2*1H4/t19-,21+,23-,24+,25+,26-,27+,29+,30-;19-,21-,23+,24-,25-,26+,27-,29-,30+;12-,13+,14-,15-,16+,17-,19-,20+;;;/m011.../s1. The van der Waals surface area contributed by atoms with Gasteiger partial charge in [-0.15, -0.1) is 0 Å². The number of nitrogens with two attached hydrogens (primary N) is 1. The number of carboxylic acids is 1. The number of carboxylic acid groups (broad SMARTS) is 1. The lowest BCUT2D eigenvalue weighted by Crippen LogP contribution is -2.51. The van der Waals surface area contributed by atoms with Crippen LogP contribution in [0.2, 0.25) is 0 Å². The lowest BCUT2D eigenvalue weighted by molar-refractivity contribution is -0.150. The molecule has 570 valence electrons. The van der Waals surface area contributed by atoms with E-state index in [9.17, 15) is 48.0 Å². The van der Waals surface area contributed by atoms with Gasteiger partial charge in [-0.3, -0.25) is 14.4 Å². The largest absolute Gasteiger partial charge is 0.481 e. The molecule has 12 aliphatic carbocycles. The fourth-order valence-corrected chi connectivity index (χ4v) is 26.9. The third kappa shape index (κ3) is 16.6. The van der Waals surface area contributed by atoms with Gasteiger partial charge in [-0.25, -0.2) is 13.2 Å². The molecular weight excluding hydrogens is 1280 g/mol. The van der Waals surface area contributed by atoms with Crippen molar-refractivity contribution in [1.82, 2.24) is 0 Å². The number of ketones is 2. The SMILES string of the molecule is C.C.CCC(N)c1ccc(F)cc1.CC[C@@H](CC(=O)[C@H]1CC[C@H]2[C@@H]3CC[C@@H]4C[C@](C)(O)CC[C@@H]4[C@H]3CC[C@]12C)c1ccc(F)cc1.CC[C@H](CC(=O)[C@H]1CC[C@H]2[C@@H]3CC[C@@H]4C[C@](C)(O)CC[C@@H]4[C@H]3CC[C@]12C)c1ccc(F)cc1.C[C@@]1(O)CC[C@H]2[C@H](CC[C@@H]3[C@@H]2CC[C@]2(C)[C@@H](C(=O)O)CC[C@@H]32)C1. The van der Waals surface area contributed by atoms with Crippen LogP contribution < -0.4 is 5.73 Å². The summed E-state index contributed by atoms with van der Waals surface area (Å²) in [4.78, 5) is 39.0. The molecule has 0 amide bonds. The van der Waals surface area contributed by atoms with E-state index in [1.807, 2.05) is 52.0 Å². The van der Waals surface area contributed by atoms with Crippen molar-refractivity contribution in [2.24, 2.45) is 129 Å². The molecule has 0 aromatic heterocycles. The van der Waals surface area contributed by atoms with Gasteiger partial charge >= 0.3 is 5.97 Å². The second-order valence-electron chi connectivity index (χ2n) is 37.6. The molecule has 12 aliphatic rings. The van der Waals surface area contributed by atoms with Crippen LogP contribution in [0.1, 0.15) is 317 Å². The van der Waals surface area contributed by atoms with E-state index in [4.69, 9.17) is 5.73 Å². The van der Waals surface area contributed by atoms with Gasteiger partial charge in [0, 0.05) is 30.7 Å². The van der Waals surface area contributed by atoms with Gasteiger partial charge in [0.25, 0.3) is 0 Å². The molecule has 6 N–H and O–H groups in total. The van der Waals surface area contributed by atoms with Gasteiger partial charge in [0.2, 0.25) is 0 Å². The maximum Gasteiger partial charge on any atom is 0.307 e. The van der Waals surface area contributed by atoms with Crippen LogP contribution in [0.15, 0.2) is 72.8 Å². The maximum atomic E-state index is 13.7. The van der Waals surface area contributed by atoms with Crippen LogP contribution in [0.5, 0.6) is 0 Å². The van der Waals surface area contributed by atoms with Crippen LogP contribution in [0.3, 0.4) is 0 Å². The average Bonchev–Trinajstić information content (AvgIpc) is 1.44. The van der Waals surface area contributed by atoms with E-state index in [2.05, 4.69) is 34.6 Å². The van der Waals surface area contributed by atoms with Crippen molar-refractivity contribution < 1.29 is 48.0 Å². The Kier molecular flexibility index (Phi) is 25.7. The fraction of sp³-hybridized carbons (Fsp3) is 0.769. The predicted molar refractivity (Wildman–Crippen MR) is 407 cm³/mol. The van der Waals surface area contributed by atoms with Crippen molar-refractivity contribution in [2.75, 3.05) is 0 Å². The smallest absolute Gasteiger partial charge is 0.307 e. The quantitative estimate of drug-likeness (QED) is 0.113. The number of benzene rings is 3. The van der Waals surface area contributed by atoms with Gasteiger partial charge in [0.15, 0.2) is 0 Å². The van der Waals surface area contributed by atoms with E-state index < -0.39 is 22.8 Å². The number of fused-ring (bicyclic) bond motifs is 15. The van der Waals surface area contributed by atoms with Gasteiger partial charge in [-0.05, 0) is 383 Å². The van der Waals surface area contributed by atoms with E-state index in [-0.39, 0.29) is 84.2 Å². The number of hydrogen-bond donors (Lipinski definition) is 5. The summed E-state index contributed by atoms with van der Waals surface area (Å²) in [6.45, 7) is 19.6. The highest BCUT2D eigenvalue weighted by Gasteiger charge is 2.62. The molecule has 0 bridgehead atoms. The molecule has 0 spiro atoms. The summed E-state index contributed by atoms with van der Waals surface area (Å²) < 4.78 is 39.2. The Bertz CT molecular complexity index is 3110. The predicted octanol–water partition coefficient (Wildman–Crippen LogP) is 22.2. The minimum absolute atomic E-state index is 0. The van der Waals surface area contributed by atoms with Gasteiger partial charge in [0.05, 0.1) is 22.7 Å². The second kappa shape index (κ2) is 32.5. The zero-order chi connectivity index (χ0) is 71.4. The average molecular weight is 1420 g/mol. The van der Waals surface area contributed by atoms with Crippen LogP contribution in [0.4, 0.5) is 13.2 Å². The molecule has 12 saturated carbocycles. The van der Waals surface area contributed by atoms with Crippen molar-refractivity contribution in [3.8, 4) is 0 Å². The third-order valence-corrected chi connectivity index (χ3v) is 32.1. The number of carbonyl (C=O) groups excluding carboxylic acids is 2. The monoisotopic (exact) mass is 1410 g/mol. The maximum absolute atomic E-state index is 13.7. The first-order chi connectivity index (χ1) is 47.5. The Hall–Kier alpha value is -3.90. The van der Waals surface area contributed by atoms with Gasteiger partial charge in [0.1, 0.15) is 29.0 Å².